The maximum atomic E-state index is 4.11. The molecule has 1 aliphatic carbocycles. The van der Waals surface area contributed by atoms with Gasteiger partial charge in [-0.1, -0.05) is 0 Å². The van der Waals surface area contributed by atoms with E-state index in [1.807, 2.05) is 6.20 Å². The van der Waals surface area contributed by atoms with Gasteiger partial charge in [-0.3, -0.25) is 4.90 Å². The van der Waals surface area contributed by atoms with E-state index < -0.39 is 0 Å². The Morgan fingerprint density at radius 3 is 2.94 bits per heavy atom. The van der Waals surface area contributed by atoms with Gasteiger partial charge in [-0.15, -0.1) is 0 Å². The van der Waals surface area contributed by atoms with Gasteiger partial charge in [0.25, 0.3) is 0 Å². The second-order valence-corrected chi connectivity index (χ2v) is 5.45. The van der Waals surface area contributed by atoms with E-state index in [4.69, 9.17) is 0 Å². The Bertz CT molecular complexity index is 325. The van der Waals surface area contributed by atoms with Gasteiger partial charge in [0.2, 0.25) is 0 Å². The first-order chi connectivity index (χ1) is 8.42. The highest BCUT2D eigenvalue weighted by atomic mass is 15.2. The molecule has 0 bridgehead atoms. The number of hydrogen-bond donors (Lipinski definition) is 2. The highest BCUT2D eigenvalue weighted by Crippen LogP contribution is 2.29. The van der Waals surface area contributed by atoms with Crippen molar-refractivity contribution in [3.8, 4) is 0 Å². The molecule has 1 aromatic rings. The van der Waals surface area contributed by atoms with Crippen molar-refractivity contribution in [1.29, 1.82) is 0 Å². The third kappa shape index (κ3) is 3.07. The Balaban J connectivity index is 1.56. The van der Waals surface area contributed by atoms with Crippen LogP contribution in [0.3, 0.4) is 0 Å². The number of rotatable bonds is 5. The van der Waals surface area contributed by atoms with Crippen LogP contribution in [0, 0.1) is 5.92 Å². The molecule has 0 aromatic carbocycles. The van der Waals surface area contributed by atoms with E-state index in [0.717, 1.165) is 18.5 Å². The number of nitrogens with one attached hydrogen (secondary N) is 2. The molecule has 4 nitrogen and oxygen atoms in total. The number of aromatic nitrogens is 2. The van der Waals surface area contributed by atoms with Crippen molar-refractivity contribution in [3.05, 3.63) is 18.2 Å². The van der Waals surface area contributed by atoms with E-state index in [2.05, 4.69) is 20.2 Å². The zero-order valence-electron chi connectivity index (χ0n) is 10.4. The van der Waals surface area contributed by atoms with Crippen molar-refractivity contribution >= 4 is 0 Å². The zero-order chi connectivity index (χ0) is 11.5. The van der Waals surface area contributed by atoms with Crippen LogP contribution in [-0.4, -0.2) is 40.5 Å². The van der Waals surface area contributed by atoms with Gasteiger partial charge in [-0.05, 0) is 44.7 Å². The molecule has 1 unspecified atom stereocenters. The molecular formula is C13H22N4. The van der Waals surface area contributed by atoms with Crippen LogP contribution < -0.4 is 5.32 Å². The molecule has 1 aromatic heterocycles. The molecule has 2 fully saturated rings. The quantitative estimate of drug-likeness (QED) is 0.809. The summed E-state index contributed by atoms with van der Waals surface area (Å²) in [5.74, 6) is 0.840. The van der Waals surface area contributed by atoms with Crippen LogP contribution in [0.2, 0.25) is 0 Å². The molecule has 2 N–H and O–H groups in total. The number of nitrogens with zero attached hydrogens (tertiary/aromatic N) is 2. The first kappa shape index (κ1) is 11.2. The minimum Gasteiger partial charge on any atom is -0.347 e. The number of imidazole rings is 1. The molecule has 3 rings (SSSR count). The first-order valence-electron chi connectivity index (χ1n) is 6.84. The lowest BCUT2D eigenvalue weighted by Crippen LogP contribution is -2.39. The van der Waals surface area contributed by atoms with E-state index in [9.17, 15) is 0 Å². The molecule has 1 saturated carbocycles. The van der Waals surface area contributed by atoms with Crippen molar-refractivity contribution in [2.45, 2.75) is 38.3 Å². The van der Waals surface area contributed by atoms with Crippen molar-refractivity contribution < 1.29 is 0 Å². The van der Waals surface area contributed by atoms with Gasteiger partial charge >= 0.3 is 0 Å². The Labute approximate surface area is 103 Å². The zero-order valence-corrected chi connectivity index (χ0v) is 10.4. The summed E-state index contributed by atoms with van der Waals surface area (Å²) in [7, 11) is 0. The van der Waals surface area contributed by atoms with Gasteiger partial charge in [0, 0.05) is 31.0 Å². The van der Waals surface area contributed by atoms with E-state index in [-0.39, 0.29) is 0 Å². The van der Waals surface area contributed by atoms with Crippen molar-refractivity contribution in [2.24, 2.45) is 5.92 Å². The number of hydrogen-bond acceptors (Lipinski definition) is 3. The molecule has 4 heteroatoms. The van der Waals surface area contributed by atoms with E-state index in [0.29, 0.717) is 0 Å². The highest BCUT2D eigenvalue weighted by molar-refractivity contribution is 4.97. The molecule has 1 saturated heterocycles. The lowest BCUT2D eigenvalue weighted by atomic mass is 9.99. The molecule has 0 radical (unpaired) electrons. The molecule has 2 heterocycles. The average Bonchev–Trinajstić information content (AvgIpc) is 3.09. The minimum atomic E-state index is 0.834. The van der Waals surface area contributed by atoms with Crippen LogP contribution in [-0.2, 0) is 6.54 Å². The molecule has 94 valence electrons. The maximum absolute atomic E-state index is 4.11. The minimum absolute atomic E-state index is 0.834. The van der Waals surface area contributed by atoms with E-state index in [1.54, 1.807) is 6.33 Å². The Kier molecular flexibility index (Phi) is 3.43. The fraction of sp³-hybridized carbons (Fsp3) is 0.769. The SMILES string of the molecule is c1ncc(CN(CC2CCCNC2)C2CC2)[nH]1. The monoisotopic (exact) mass is 234 g/mol. The molecule has 2 aliphatic rings. The number of aromatic amines is 1. The topological polar surface area (TPSA) is 44.0 Å². The average molecular weight is 234 g/mol. The summed E-state index contributed by atoms with van der Waals surface area (Å²) in [6.07, 6.45) is 9.23. The van der Waals surface area contributed by atoms with Crippen LogP contribution in [0.15, 0.2) is 12.5 Å². The summed E-state index contributed by atoms with van der Waals surface area (Å²) in [5.41, 5.74) is 1.25. The predicted octanol–water partition coefficient (Wildman–Crippen LogP) is 1.37. The lowest BCUT2D eigenvalue weighted by Gasteiger charge is -2.29. The summed E-state index contributed by atoms with van der Waals surface area (Å²) >= 11 is 0. The predicted molar refractivity (Wildman–Crippen MR) is 67.6 cm³/mol. The number of H-pyrrole nitrogens is 1. The van der Waals surface area contributed by atoms with Crippen LogP contribution in [0.4, 0.5) is 0 Å². The van der Waals surface area contributed by atoms with E-state index >= 15 is 0 Å². The van der Waals surface area contributed by atoms with Gasteiger partial charge < -0.3 is 10.3 Å². The van der Waals surface area contributed by atoms with Crippen LogP contribution in [0.5, 0.6) is 0 Å². The van der Waals surface area contributed by atoms with Gasteiger partial charge in [0.15, 0.2) is 0 Å². The fourth-order valence-corrected chi connectivity index (χ4v) is 2.78. The summed E-state index contributed by atoms with van der Waals surface area (Å²) < 4.78 is 0. The standard InChI is InChI=1S/C13H22N4/c1-2-11(6-14-5-1)8-17(13-3-4-13)9-12-7-15-10-16-12/h7,10-11,13-14H,1-6,8-9H2,(H,15,16). The lowest BCUT2D eigenvalue weighted by molar-refractivity contribution is 0.191. The van der Waals surface area contributed by atoms with Gasteiger partial charge in [0.05, 0.1) is 6.33 Å². The Hall–Kier alpha value is -0.870. The molecule has 17 heavy (non-hydrogen) atoms. The Morgan fingerprint density at radius 1 is 1.35 bits per heavy atom. The largest absolute Gasteiger partial charge is 0.347 e. The van der Waals surface area contributed by atoms with E-state index in [1.165, 1.54) is 51.0 Å². The third-order valence-corrected chi connectivity index (χ3v) is 3.88. The van der Waals surface area contributed by atoms with Crippen LogP contribution >= 0.6 is 0 Å². The molecule has 1 aliphatic heterocycles. The smallest absolute Gasteiger partial charge is 0.0922 e. The Morgan fingerprint density at radius 2 is 2.29 bits per heavy atom. The maximum Gasteiger partial charge on any atom is 0.0922 e. The third-order valence-electron chi connectivity index (χ3n) is 3.88. The van der Waals surface area contributed by atoms with Gasteiger partial charge in [-0.2, -0.15) is 0 Å². The summed E-state index contributed by atoms with van der Waals surface area (Å²) in [5, 5.41) is 3.51. The molecular weight excluding hydrogens is 212 g/mol. The van der Waals surface area contributed by atoms with Crippen molar-refractivity contribution in [2.75, 3.05) is 19.6 Å². The summed E-state index contributed by atoms with van der Waals surface area (Å²) in [6, 6.07) is 0.834. The second-order valence-electron chi connectivity index (χ2n) is 5.45. The fourth-order valence-electron chi connectivity index (χ4n) is 2.78. The normalized spacial score (nSPS) is 25.4. The van der Waals surface area contributed by atoms with Crippen molar-refractivity contribution in [3.63, 3.8) is 0 Å². The summed E-state index contributed by atoms with van der Waals surface area (Å²) in [6.45, 7) is 4.70. The second kappa shape index (κ2) is 5.19. The number of piperidine rings is 1. The van der Waals surface area contributed by atoms with Gasteiger partial charge in [0.1, 0.15) is 0 Å². The van der Waals surface area contributed by atoms with Crippen molar-refractivity contribution in [1.82, 2.24) is 20.2 Å². The first-order valence-corrected chi connectivity index (χ1v) is 6.84. The molecule has 0 amide bonds. The molecule has 0 spiro atoms. The van der Waals surface area contributed by atoms with Crippen LogP contribution in [0.25, 0.3) is 0 Å². The molecule has 1 atom stereocenters. The van der Waals surface area contributed by atoms with Gasteiger partial charge in [-0.25, -0.2) is 4.98 Å². The summed E-state index contributed by atoms with van der Waals surface area (Å²) in [4.78, 5) is 9.97. The highest BCUT2D eigenvalue weighted by Gasteiger charge is 2.31. The van der Waals surface area contributed by atoms with Crippen LogP contribution in [0.1, 0.15) is 31.4 Å².